The number of rotatable bonds is 6. The van der Waals surface area contributed by atoms with Gasteiger partial charge in [0.15, 0.2) is 0 Å². The van der Waals surface area contributed by atoms with Gasteiger partial charge >= 0.3 is 0 Å². The maximum absolute atomic E-state index is 11.0. The third-order valence-electron chi connectivity index (χ3n) is 3.01. The number of carbonyl (C=O) groups excluding carboxylic acids is 1. The minimum Gasteiger partial charge on any atom is -0.487 e. The molecule has 5 heteroatoms. The Bertz CT molecular complexity index is 714. The second kappa shape index (κ2) is 7.82. The predicted molar refractivity (Wildman–Crippen MR) is 94.2 cm³/mol. The van der Waals surface area contributed by atoms with E-state index in [1.807, 2.05) is 6.07 Å². The molecule has 0 atom stereocenters. The van der Waals surface area contributed by atoms with E-state index in [0.717, 1.165) is 21.9 Å². The monoisotopic (exact) mass is 398 g/mol. The molecule has 0 radical (unpaired) electrons. The van der Waals surface area contributed by atoms with E-state index in [1.165, 1.54) is 0 Å². The fraction of sp³-hybridized carbons (Fsp3) is 0.118. The van der Waals surface area contributed by atoms with E-state index >= 15 is 0 Å². The molecule has 0 fully saturated rings. The van der Waals surface area contributed by atoms with Gasteiger partial charge in [-0.2, -0.15) is 0 Å². The van der Waals surface area contributed by atoms with E-state index in [4.69, 9.17) is 27.9 Å². The van der Waals surface area contributed by atoms with Crippen molar-refractivity contribution in [3.8, 4) is 5.75 Å². The molecule has 2 aromatic carbocycles. The number of aldehydes is 1. The van der Waals surface area contributed by atoms with Crippen LogP contribution in [0.15, 0.2) is 47.5 Å². The van der Waals surface area contributed by atoms with Crippen LogP contribution < -0.4 is 4.74 Å². The van der Waals surface area contributed by atoms with E-state index in [1.54, 1.807) is 30.3 Å². The number of hydrogen-bond donors (Lipinski definition) is 0. The first-order valence-electron chi connectivity index (χ1n) is 6.50. The highest BCUT2D eigenvalue weighted by molar-refractivity contribution is 9.10. The van der Waals surface area contributed by atoms with Crippen molar-refractivity contribution in [3.63, 3.8) is 0 Å². The molecule has 0 aliphatic rings. The smallest absolute Gasteiger partial charge is 0.150 e. The Labute approximate surface area is 147 Å². The zero-order valence-electron chi connectivity index (χ0n) is 11.6. The predicted octanol–water partition coefficient (Wildman–Crippen LogP) is 5.88. The summed E-state index contributed by atoms with van der Waals surface area (Å²) in [6, 6.07) is 8.88. The molecule has 0 aromatic heterocycles. The normalized spacial score (nSPS) is 10.3. The molecule has 0 heterocycles. The third-order valence-corrected chi connectivity index (χ3v) is 4.34. The molecule has 2 aromatic rings. The van der Waals surface area contributed by atoms with Crippen molar-refractivity contribution in [2.75, 3.05) is 0 Å². The number of hydrogen-bond acceptors (Lipinski definition) is 2. The van der Waals surface area contributed by atoms with Crippen molar-refractivity contribution >= 4 is 45.4 Å². The zero-order chi connectivity index (χ0) is 16.1. The number of halogens is 3. The SMILES string of the molecule is C=CCc1cc(C=O)cc(Br)c1OCc1ccc(Cl)c(Cl)c1. The molecule has 0 N–H and O–H groups in total. The number of ether oxygens (including phenoxy) is 1. The molecule has 0 amide bonds. The Balaban J connectivity index is 2.26. The van der Waals surface area contributed by atoms with Crippen LogP contribution in [-0.2, 0) is 13.0 Å². The molecular weight excluding hydrogens is 387 g/mol. The maximum Gasteiger partial charge on any atom is 0.150 e. The van der Waals surface area contributed by atoms with Gasteiger partial charge in [0.25, 0.3) is 0 Å². The Morgan fingerprint density at radius 3 is 2.59 bits per heavy atom. The first-order chi connectivity index (χ1) is 10.5. The van der Waals surface area contributed by atoms with E-state index in [-0.39, 0.29) is 0 Å². The summed E-state index contributed by atoms with van der Waals surface area (Å²) < 4.78 is 6.62. The lowest BCUT2D eigenvalue weighted by molar-refractivity contribution is 0.112. The van der Waals surface area contributed by atoms with Gasteiger partial charge in [0.2, 0.25) is 0 Å². The van der Waals surface area contributed by atoms with Crippen molar-refractivity contribution < 1.29 is 9.53 Å². The molecule has 114 valence electrons. The summed E-state index contributed by atoms with van der Waals surface area (Å²) in [5.41, 5.74) is 2.39. The highest BCUT2D eigenvalue weighted by Crippen LogP contribution is 2.32. The Kier molecular flexibility index (Phi) is 6.07. The topological polar surface area (TPSA) is 26.3 Å². The molecule has 0 aliphatic carbocycles. The lowest BCUT2D eigenvalue weighted by Crippen LogP contribution is -2.00. The van der Waals surface area contributed by atoms with E-state index in [0.29, 0.717) is 34.4 Å². The second-order valence-electron chi connectivity index (χ2n) is 4.64. The van der Waals surface area contributed by atoms with Gasteiger partial charge in [0.05, 0.1) is 14.5 Å². The Hall–Kier alpha value is -1.29. The average molecular weight is 400 g/mol. The molecule has 22 heavy (non-hydrogen) atoms. The maximum atomic E-state index is 11.0. The first kappa shape index (κ1) is 17.1. The minimum absolute atomic E-state index is 0.347. The van der Waals surface area contributed by atoms with Crippen molar-refractivity contribution in [1.29, 1.82) is 0 Å². The number of carbonyl (C=O) groups is 1. The van der Waals surface area contributed by atoms with Gasteiger partial charge in [0, 0.05) is 5.56 Å². The molecule has 2 nitrogen and oxygen atoms in total. The van der Waals surface area contributed by atoms with Gasteiger partial charge in [-0.25, -0.2) is 0 Å². The van der Waals surface area contributed by atoms with Crippen LogP contribution in [0.5, 0.6) is 5.75 Å². The lowest BCUT2D eigenvalue weighted by Gasteiger charge is -2.14. The van der Waals surface area contributed by atoms with Crippen LogP contribution >= 0.6 is 39.1 Å². The van der Waals surface area contributed by atoms with Gasteiger partial charge in [-0.05, 0) is 57.7 Å². The van der Waals surface area contributed by atoms with E-state index in [9.17, 15) is 4.79 Å². The number of allylic oxidation sites excluding steroid dienone is 1. The molecule has 0 unspecified atom stereocenters. The highest BCUT2D eigenvalue weighted by Gasteiger charge is 2.11. The Morgan fingerprint density at radius 2 is 1.95 bits per heavy atom. The van der Waals surface area contributed by atoms with Crippen molar-refractivity contribution in [2.45, 2.75) is 13.0 Å². The highest BCUT2D eigenvalue weighted by atomic mass is 79.9. The van der Waals surface area contributed by atoms with E-state index in [2.05, 4.69) is 22.5 Å². The summed E-state index contributed by atoms with van der Waals surface area (Å²) in [6.07, 6.45) is 3.18. The quantitative estimate of drug-likeness (QED) is 0.448. The van der Waals surface area contributed by atoms with E-state index < -0.39 is 0 Å². The van der Waals surface area contributed by atoms with Gasteiger partial charge in [-0.15, -0.1) is 6.58 Å². The molecule has 0 spiro atoms. The summed E-state index contributed by atoms with van der Waals surface area (Å²) >= 11 is 15.3. The fourth-order valence-corrected chi connectivity index (χ4v) is 2.95. The van der Waals surface area contributed by atoms with Gasteiger partial charge in [-0.1, -0.05) is 35.3 Å². The molecule has 0 bridgehead atoms. The molecular formula is C17H13BrCl2O2. The van der Waals surface area contributed by atoms with Crippen LogP contribution in [0, 0.1) is 0 Å². The molecule has 0 saturated carbocycles. The van der Waals surface area contributed by atoms with Gasteiger partial charge in [-0.3, -0.25) is 4.79 Å². The molecule has 2 rings (SSSR count). The average Bonchev–Trinajstić information content (AvgIpc) is 2.50. The first-order valence-corrected chi connectivity index (χ1v) is 8.05. The summed E-state index contributed by atoms with van der Waals surface area (Å²) in [7, 11) is 0. The van der Waals surface area contributed by atoms with Crippen molar-refractivity contribution in [3.05, 3.63) is 74.2 Å². The molecule has 0 saturated heterocycles. The van der Waals surface area contributed by atoms with Crippen LogP contribution in [0.1, 0.15) is 21.5 Å². The summed E-state index contributed by atoms with van der Waals surface area (Å²) in [5.74, 6) is 0.691. The summed E-state index contributed by atoms with van der Waals surface area (Å²) in [5, 5.41) is 0.999. The van der Waals surface area contributed by atoms with Gasteiger partial charge < -0.3 is 4.74 Å². The fourth-order valence-electron chi connectivity index (χ4n) is 2.00. The van der Waals surface area contributed by atoms with Crippen LogP contribution in [0.25, 0.3) is 0 Å². The van der Waals surface area contributed by atoms with Crippen molar-refractivity contribution in [2.24, 2.45) is 0 Å². The van der Waals surface area contributed by atoms with Crippen molar-refractivity contribution in [1.82, 2.24) is 0 Å². The van der Waals surface area contributed by atoms with Gasteiger partial charge in [0.1, 0.15) is 18.6 Å². The van der Waals surface area contributed by atoms with Crippen LogP contribution in [0.2, 0.25) is 10.0 Å². The van der Waals surface area contributed by atoms with Crippen LogP contribution in [0.3, 0.4) is 0 Å². The zero-order valence-corrected chi connectivity index (χ0v) is 14.7. The second-order valence-corrected chi connectivity index (χ2v) is 6.31. The molecule has 0 aliphatic heterocycles. The largest absolute Gasteiger partial charge is 0.487 e. The van der Waals surface area contributed by atoms with Crippen LogP contribution in [0.4, 0.5) is 0 Å². The third kappa shape index (κ3) is 4.13. The standard InChI is InChI=1S/C17H13BrCl2O2/c1-2-3-13-6-12(9-21)7-14(18)17(13)22-10-11-4-5-15(19)16(20)8-11/h2,4-9H,1,3,10H2. The minimum atomic E-state index is 0.347. The van der Waals surface area contributed by atoms with Crippen LogP contribution in [-0.4, -0.2) is 6.29 Å². The summed E-state index contributed by atoms with van der Waals surface area (Å²) in [4.78, 5) is 11.0. The Morgan fingerprint density at radius 1 is 1.18 bits per heavy atom. The number of benzene rings is 2. The lowest BCUT2D eigenvalue weighted by atomic mass is 10.1. The summed E-state index contributed by atoms with van der Waals surface area (Å²) in [6.45, 7) is 4.08.